The molecule has 0 unspecified atom stereocenters. The molecule has 2 aromatic rings. The molecule has 1 amide bonds. The molecule has 0 saturated heterocycles. The van der Waals surface area contributed by atoms with Gasteiger partial charge in [-0.3, -0.25) is 4.79 Å². The Hall–Kier alpha value is -2.56. The molecule has 4 nitrogen and oxygen atoms in total. The molecule has 0 radical (unpaired) electrons. The smallest absolute Gasteiger partial charge is 0.211 e. The van der Waals surface area contributed by atoms with E-state index >= 15 is 0 Å². The molecule has 0 saturated carbocycles. The van der Waals surface area contributed by atoms with Gasteiger partial charge in [-0.1, -0.05) is 0 Å². The average Bonchev–Trinajstić information content (AvgIpc) is 2.68. The fourth-order valence-corrected chi connectivity index (χ4v) is 2.26. The van der Waals surface area contributed by atoms with Crippen LogP contribution in [0.25, 0.3) is 11.6 Å². The average molecular weight is 287 g/mol. The molecule has 0 fully saturated rings. The number of rotatable bonds is 4. The summed E-state index contributed by atoms with van der Waals surface area (Å²) in [6.07, 6.45) is 2.47. The molecule has 21 heavy (non-hydrogen) atoms. The number of anilines is 2. The molecular formula is C16H18FN3O. The van der Waals surface area contributed by atoms with E-state index in [1.54, 1.807) is 0 Å². The Morgan fingerprint density at radius 2 is 2.10 bits per heavy atom. The van der Waals surface area contributed by atoms with Gasteiger partial charge >= 0.3 is 0 Å². The van der Waals surface area contributed by atoms with Gasteiger partial charge in [-0.25, -0.2) is 4.39 Å². The number of amides is 1. The van der Waals surface area contributed by atoms with E-state index in [2.05, 4.69) is 10.3 Å². The minimum Gasteiger partial charge on any atom is -0.397 e. The van der Waals surface area contributed by atoms with Crippen LogP contribution in [0, 0.1) is 19.7 Å². The van der Waals surface area contributed by atoms with Gasteiger partial charge in [0.2, 0.25) is 6.41 Å². The van der Waals surface area contributed by atoms with Gasteiger partial charge in [0.25, 0.3) is 0 Å². The zero-order chi connectivity index (χ0) is 15.6. The molecule has 0 aliphatic rings. The van der Waals surface area contributed by atoms with Crippen LogP contribution in [0.5, 0.6) is 0 Å². The summed E-state index contributed by atoms with van der Waals surface area (Å²) in [5.74, 6) is -0.354. The van der Waals surface area contributed by atoms with Gasteiger partial charge in [0.15, 0.2) is 0 Å². The SMILES string of the molecule is C/C(=C\c1[nH]c(C)c(N)c1C)c1cc(F)ccc1NC=O. The van der Waals surface area contributed by atoms with Crippen LogP contribution in [0.1, 0.15) is 29.4 Å². The number of halogens is 1. The Balaban J connectivity index is 2.50. The number of nitrogens with one attached hydrogen (secondary N) is 2. The second-order valence-corrected chi connectivity index (χ2v) is 4.98. The molecular weight excluding hydrogens is 269 g/mol. The minimum atomic E-state index is -0.354. The molecule has 0 bridgehead atoms. The van der Waals surface area contributed by atoms with Gasteiger partial charge in [-0.15, -0.1) is 0 Å². The third kappa shape index (κ3) is 2.97. The third-order valence-corrected chi connectivity index (χ3v) is 3.52. The number of benzene rings is 1. The van der Waals surface area contributed by atoms with E-state index in [0.29, 0.717) is 17.7 Å². The first kappa shape index (κ1) is 14.8. The second kappa shape index (κ2) is 5.83. The van der Waals surface area contributed by atoms with Gasteiger partial charge in [-0.2, -0.15) is 0 Å². The maximum Gasteiger partial charge on any atom is 0.211 e. The van der Waals surface area contributed by atoms with E-state index in [4.69, 9.17) is 5.73 Å². The summed E-state index contributed by atoms with van der Waals surface area (Å²) in [6.45, 7) is 5.68. The van der Waals surface area contributed by atoms with Crippen LogP contribution in [0.15, 0.2) is 18.2 Å². The topological polar surface area (TPSA) is 70.9 Å². The number of carbonyl (C=O) groups is 1. The number of nitrogens with two attached hydrogens (primary N) is 1. The molecule has 0 atom stereocenters. The van der Waals surface area contributed by atoms with Crippen molar-refractivity contribution in [3.8, 4) is 0 Å². The van der Waals surface area contributed by atoms with E-state index in [1.165, 1.54) is 18.2 Å². The molecule has 1 heterocycles. The van der Waals surface area contributed by atoms with Crippen LogP contribution in [0.2, 0.25) is 0 Å². The van der Waals surface area contributed by atoms with Crippen LogP contribution >= 0.6 is 0 Å². The quantitative estimate of drug-likeness (QED) is 0.753. The van der Waals surface area contributed by atoms with Gasteiger partial charge in [0, 0.05) is 22.6 Å². The number of aromatic amines is 1. The summed E-state index contributed by atoms with van der Waals surface area (Å²) in [6, 6.07) is 4.24. The number of carbonyl (C=O) groups excluding carboxylic acids is 1. The number of aryl methyl sites for hydroxylation is 1. The molecule has 2 rings (SSSR count). The van der Waals surface area contributed by atoms with Gasteiger partial charge in [0.05, 0.1) is 5.69 Å². The fourth-order valence-electron chi connectivity index (χ4n) is 2.26. The van der Waals surface area contributed by atoms with Gasteiger partial charge < -0.3 is 16.0 Å². The maximum absolute atomic E-state index is 13.5. The number of hydrogen-bond donors (Lipinski definition) is 3. The first-order chi connectivity index (χ1) is 9.93. The molecule has 4 N–H and O–H groups in total. The van der Waals surface area contributed by atoms with Crippen LogP contribution in [-0.2, 0) is 4.79 Å². The van der Waals surface area contributed by atoms with E-state index in [-0.39, 0.29) is 5.82 Å². The molecule has 1 aromatic heterocycles. The Morgan fingerprint density at radius 1 is 1.38 bits per heavy atom. The molecule has 0 aliphatic carbocycles. The van der Waals surface area contributed by atoms with E-state index < -0.39 is 0 Å². The third-order valence-electron chi connectivity index (χ3n) is 3.52. The molecule has 5 heteroatoms. The monoisotopic (exact) mass is 287 g/mol. The van der Waals surface area contributed by atoms with Crippen LogP contribution in [0.4, 0.5) is 15.8 Å². The Morgan fingerprint density at radius 3 is 2.67 bits per heavy atom. The van der Waals surface area contributed by atoms with E-state index in [0.717, 1.165) is 28.2 Å². The highest BCUT2D eigenvalue weighted by Crippen LogP contribution is 2.28. The number of allylic oxidation sites excluding steroid dienone is 1. The van der Waals surface area contributed by atoms with Crippen molar-refractivity contribution in [2.45, 2.75) is 20.8 Å². The molecule has 0 spiro atoms. The fraction of sp³-hybridized carbons (Fsp3) is 0.188. The first-order valence-electron chi connectivity index (χ1n) is 6.57. The number of H-pyrrole nitrogens is 1. The lowest BCUT2D eigenvalue weighted by molar-refractivity contribution is -0.105. The highest BCUT2D eigenvalue weighted by molar-refractivity contribution is 5.89. The van der Waals surface area contributed by atoms with Crippen LogP contribution in [0.3, 0.4) is 0 Å². The highest BCUT2D eigenvalue weighted by atomic mass is 19.1. The standard InChI is InChI=1S/C16H18FN3O/c1-9(6-15-10(2)16(18)11(3)20-15)13-7-12(17)4-5-14(13)19-8-21/h4-8,20H,18H2,1-3H3,(H,19,21)/b9-6+. The number of aromatic nitrogens is 1. The lowest BCUT2D eigenvalue weighted by atomic mass is 10.0. The number of nitrogen functional groups attached to an aromatic ring is 1. The summed E-state index contributed by atoms with van der Waals surface area (Å²) in [5.41, 5.74) is 11.4. The van der Waals surface area contributed by atoms with Crippen molar-refractivity contribution >= 4 is 29.4 Å². The van der Waals surface area contributed by atoms with Gasteiger partial charge in [0.1, 0.15) is 5.82 Å². The van der Waals surface area contributed by atoms with Crippen molar-refractivity contribution in [1.29, 1.82) is 0 Å². The Labute approximate surface area is 122 Å². The second-order valence-electron chi connectivity index (χ2n) is 4.98. The van der Waals surface area contributed by atoms with Crippen molar-refractivity contribution in [2.24, 2.45) is 0 Å². The lowest BCUT2D eigenvalue weighted by Gasteiger charge is -2.09. The van der Waals surface area contributed by atoms with E-state index in [9.17, 15) is 9.18 Å². The predicted octanol–water partition coefficient (Wildman–Crippen LogP) is 3.48. The van der Waals surface area contributed by atoms with Crippen molar-refractivity contribution < 1.29 is 9.18 Å². The summed E-state index contributed by atoms with van der Waals surface area (Å²) >= 11 is 0. The van der Waals surface area contributed by atoms with Crippen molar-refractivity contribution in [3.63, 3.8) is 0 Å². The first-order valence-corrected chi connectivity index (χ1v) is 6.57. The van der Waals surface area contributed by atoms with Crippen molar-refractivity contribution in [3.05, 3.63) is 46.5 Å². The lowest BCUT2D eigenvalue weighted by Crippen LogP contribution is -1.98. The zero-order valence-corrected chi connectivity index (χ0v) is 12.3. The Bertz CT molecular complexity index is 717. The summed E-state index contributed by atoms with van der Waals surface area (Å²) in [4.78, 5) is 13.8. The highest BCUT2D eigenvalue weighted by Gasteiger charge is 2.09. The van der Waals surface area contributed by atoms with Crippen LogP contribution < -0.4 is 11.1 Å². The predicted molar refractivity (Wildman–Crippen MR) is 84.3 cm³/mol. The largest absolute Gasteiger partial charge is 0.397 e. The number of hydrogen-bond acceptors (Lipinski definition) is 2. The Kier molecular flexibility index (Phi) is 4.12. The summed E-state index contributed by atoms with van der Waals surface area (Å²) in [7, 11) is 0. The van der Waals surface area contributed by atoms with Gasteiger partial charge in [-0.05, 0) is 56.2 Å². The summed E-state index contributed by atoms with van der Waals surface area (Å²) in [5, 5.41) is 2.58. The normalized spacial score (nSPS) is 11.5. The summed E-state index contributed by atoms with van der Waals surface area (Å²) < 4.78 is 13.5. The van der Waals surface area contributed by atoms with Crippen molar-refractivity contribution in [2.75, 3.05) is 11.1 Å². The minimum absolute atomic E-state index is 0.354. The molecule has 1 aromatic carbocycles. The van der Waals surface area contributed by atoms with Crippen molar-refractivity contribution in [1.82, 2.24) is 4.98 Å². The molecule has 110 valence electrons. The molecule has 0 aliphatic heterocycles. The van der Waals surface area contributed by atoms with E-state index in [1.807, 2.05) is 26.8 Å². The van der Waals surface area contributed by atoms with Crippen LogP contribution in [-0.4, -0.2) is 11.4 Å². The zero-order valence-electron chi connectivity index (χ0n) is 12.3. The maximum atomic E-state index is 13.5.